The molecule has 22 heavy (non-hydrogen) atoms. The second-order valence-electron chi connectivity index (χ2n) is 4.80. The van der Waals surface area contributed by atoms with Crippen LogP contribution in [0, 0.1) is 0 Å². The molecule has 1 unspecified atom stereocenters. The first kappa shape index (κ1) is 16.7. The lowest BCUT2D eigenvalue weighted by atomic mass is 9.94. The van der Waals surface area contributed by atoms with E-state index in [1.54, 1.807) is 13.8 Å². The predicted octanol–water partition coefficient (Wildman–Crippen LogP) is 1.96. The second kappa shape index (κ2) is 5.87. The van der Waals surface area contributed by atoms with Gasteiger partial charge in [0.05, 0.1) is 18.8 Å². The van der Waals surface area contributed by atoms with Crippen LogP contribution in [0.2, 0.25) is 0 Å². The average molecular weight is 347 g/mol. The van der Waals surface area contributed by atoms with Crippen molar-refractivity contribution in [2.24, 2.45) is 0 Å². The fraction of sp³-hybridized carbons (Fsp3) is 0.357. The largest absolute Gasteiger partial charge is 0.493 e. The normalized spacial score (nSPS) is 25.5. The van der Waals surface area contributed by atoms with Gasteiger partial charge in [0, 0.05) is 12.2 Å². The van der Waals surface area contributed by atoms with Crippen molar-refractivity contribution in [1.29, 1.82) is 0 Å². The molecule has 0 aromatic carbocycles. The Morgan fingerprint density at radius 3 is 2.23 bits per heavy atom. The molecule has 0 aromatic rings. The highest BCUT2D eigenvalue weighted by Crippen LogP contribution is 2.45. The highest BCUT2D eigenvalue weighted by atomic mass is 35.5. The fourth-order valence-corrected chi connectivity index (χ4v) is 2.48. The van der Waals surface area contributed by atoms with E-state index in [9.17, 15) is 14.4 Å². The van der Waals surface area contributed by atoms with Gasteiger partial charge in [-0.25, -0.2) is 4.79 Å². The first-order valence-electron chi connectivity index (χ1n) is 6.26. The summed E-state index contributed by atoms with van der Waals surface area (Å²) in [5.74, 6) is -4.30. The lowest BCUT2D eigenvalue weighted by molar-refractivity contribution is -0.196. The van der Waals surface area contributed by atoms with Gasteiger partial charge in [0.2, 0.25) is 5.78 Å². The quantitative estimate of drug-likeness (QED) is 0.571. The molecule has 0 aromatic heterocycles. The summed E-state index contributed by atoms with van der Waals surface area (Å²) in [6.07, 6.45) is 1.47. The monoisotopic (exact) mass is 346 g/mol. The van der Waals surface area contributed by atoms with E-state index >= 15 is 0 Å². The predicted molar refractivity (Wildman–Crippen MR) is 77.0 cm³/mol. The maximum atomic E-state index is 12.3. The average Bonchev–Trinajstić information content (AvgIpc) is 2.65. The van der Waals surface area contributed by atoms with Crippen molar-refractivity contribution < 1.29 is 28.6 Å². The molecule has 0 radical (unpaired) electrons. The Hall–Kier alpha value is -1.63. The Bertz CT molecular complexity index is 658. The number of carbonyl (C=O) groups is 3. The summed E-state index contributed by atoms with van der Waals surface area (Å²) in [6.45, 7) is 3.30. The van der Waals surface area contributed by atoms with Gasteiger partial charge in [0.15, 0.2) is 11.5 Å². The number of ether oxygens (including phenoxy) is 3. The molecule has 118 valence electrons. The van der Waals surface area contributed by atoms with Crippen LogP contribution in [0.5, 0.6) is 0 Å². The molecular formula is C14H12Cl2O6. The van der Waals surface area contributed by atoms with Crippen molar-refractivity contribution in [3.8, 4) is 0 Å². The number of carbonyl (C=O) groups excluding carboxylic acids is 3. The van der Waals surface area contributed by atoms with Gasteiger partial charge in [-0.15, -0.1) is 0 Å². The number of allylic oxidation sites excluding steroid dienone is 2. The topological polar surface area (TPSA) is 78.9 Å². The lowest BCUT2D eigenvalue weighted by Gasteiger charge is -2.32. The summed E-state index contributed by atoms with van der Waals surface area (Å²) in [5, 5.41) is -0.695. The molecule has 0 fully saturated rings. The number of methoxy groups -OCH3 is 1. The number of halogens is 2. The minimum atomic E-state index is -2.02. The standard InChI is InChI=1S/C14H12Cl2O6/c1-6(2)21-14(12(16)11(15)13(19)22-14)7-4-9(18)10(20-3)5-8(7)17/h4-6H,1-3H3. The van der Waals surface area contributed by atoms with Crippen LogP contribution in [0.4, 0.5) is 0 Å². The van der Waals surface area contributed by atoms with Crippen LogP contribution in [0.25, 0.3) is 0 Å². The van der Waals surface area contributed by atoms with Crippen LogP contribution in [-0.2, 0) is 28.6 Å². The molecule has 0 saturated heterocycles. The highest BCUT2D eigenvalue weighted by molar-refractivity contribution is 6.49. The molecule has 1 atom stereocenters. The number of cyclic esters (lactones) is 1. The van der Waals surface area contributed by atoms with Crippen molar-refractivity contribution in [1.82, 2.24) is 0 Å². The maximum Gasteiger partial charge on any atom is 0.354 e. The third kappa shape index (κ3) is 2.58. The summed E-state index contributed by atoms with van der Waals surface area (Å²) in [7, 11) is 1.26. The molecule has 8 heteroatoms. The SMILES string of the molecule is COC1=CC(=O)C(C2(OC(C)C)OC(=O)C(Cl)=C2Cl)=CC1=O. The molecule has 6 nitrogen and oxygen atoms in total. The molecule has 2 rings (SSSR count). The summed E-state index contributed by atoms with van der Waals surface area (Å²) < 4.78 is 15.4. The Morgan fingerprint density at radius 2 is 1.77 bits per heavy atom. The summed E-state index contributed by atoms with van der Waals surface area (Å²) in [5.41, 5.74) is -0.235. The van der Waals surface area contributed by atoms with E-state index in [1.807, 2.05) is 0 Å². The Morgan fingerprint density at radius 1 is 1.14 bits per heavy atom. The van der Waals surface area contributed by atoms with E-state index < -0.39 is 34.5 Å². The van der Waals surface area contributed by atoms with Gasteiger partial charge in [0.25, 0.3) is 5.79 Å². The van der Waals surface area contributed by atoms with Crippen molar-refractivity contribution in [2.45, 2.75) is 25.7 Å². The molecule has 0 saturated carbocycles. The van der Waals surface area contributed by atoms with Gasteiger partial charge in [-0.3, -0.25) is 9.59 Å². The van der Waals surface area contributed by atoms with E-state index in [2.05, 4.69) is 0 Å². The zero-order chi connectivity index (χ0) is 16.7. The molecule has 2 aliphatic rings. The van der Waals surface area contributed by atoms with Crippen LogP contribution in [0.3, 0.4) is 0 Å². The molecule has 0 N–H and O–H groups in total. The van der Waals surface area contributed by atoms with Crippen LogP contribution < -0.4 is 0 Å². The third-order valence-electron chi connectivity index (χ3n) is 2.92. The van der Waals surface area contributed by atoms with Crippen molar-refractivity contribution >= 4 is 40.7 Å². The van der Waals surface area contributed by atoms with E-state index in [0.29, 0.717) is 0 Å². The molecular weight excluding hydrogens is 335 g/mol. The fourth-order valence-electron chi connectivity index (χ4n) is 2.06. The number of ketones is 2. The number of hydrogen-bond donors (Lipinski definition) is 0. The van der Waals surface area contributed by atoms with Crippen LogP contribution >= 0.6 is 23.2 Å². The molecule has 0 amide bonds. The van der Waals surface area contributed by atoms with Gasteiger partial charge in [-0.2, -0.15) is 0 Å². The molecule has 1 heterocycles. The Balaban J connectivity index is 2.57. The van der Waals surface area contributed by atoms with Crippen LogP contribution in [-0.4, -0.2) is 36.5 Å². The van der Waals surface area contributed by atoms with Crippen LogP contribution in [0.15, 0.2) is 33.5 Å². The first-order chi connectivity index (χ1) is 10.2. The minimum Gasteiger partial charge on any atom is -0.493 e. The Kier molecular flexibility index (Phi) is 4.47. The van der Waals surface area contributed by atoms with E-state index in [4.69, 9.17) is 37.4 Å². The lowest BCUT2D eigenvalue weighted by Crippen LogP contribution is -2.42. The van der Waals surface area contributed by atoms with Crippen molar-refractivity contribution in [3.05, 3.63) is 33.5 Å². The van der Waals surface area contributed by atoms with Gasteiger partial charge < -0.3 is 14.2 Å². The zero-order valence-electron chi connectivity index (χ0n) is 11.9. The zero-order valence-corrected chi connectivity index (χ0v) is 13.4. The highest BCUT2D eigenvalue weighted by Gasteiger charge is 2.54. The number of hydrogen-bond acceptors (Lipinski definition) is 6. The van der Waals surface area contributed by atoms with Crippen molar-refractivity contribution in [3.63, 3.8) is 0 Å². The van der Waals surface area contributed by atoms with Gasteiger partial charge in [-0.05, 0) is 13.8 Å². The summed E-state index contributed by atoms with van der Waals surface area (Å²) in [6, 6.07) is 0. The summed E-state index contributed by atoms with van der Waals surface area (Å²) >= 11 is 11.8. The first-order valence-corrected chi connectivity index (χ1v) is 7.02. The third-order valence-corrected chi connectivity index (χ3v) is 3.80. The number of esters is 1. The minimum absolute atomic E-state index is 0.135. The van der Waals surface area contributed by atoms with E-state index in [1.165, 1.54) is 7.11 Å². The summed E-state index contributed by atoms with van der Waals surface area (Å²) in [4.78, 5) is 35.9. The molecule has 1 aliphatic carbocycles. The van der Waals surface area contributed by atoms with E-state index in [-0.39, 0.29) is 16.4 Å². The van der Waals surface area contributed by atoms with Gasteiger partial charge in [0.1, 0.15) is 10.1 Å². The molecule has 0 spiro atoms. The van der Waals surface area contributed by atoms with Crippen LogP contribution in [0.1, 0.15) is 13.8 Å². The Labute approximate surface area is 136 Å². The molecule has 0 bridgehead atoms. The number of rotatable bonds is 4. The molecule has 1 aliphatic heterocycles. The van der Waals surface area contributed by atoms with Gasteiger partial charge in [-0.1, -0.05) is 23.2 Å². The second-order valence-corrected chi connectivity index (χ2v) is 5.56. The maximum absolute atomic E-state index is 12.3. The van der Waals surface area contributed by atoms with E-state index in [0.717, 1.165) is 12.2 Å². The van der Waals surface area contributed by atoms with Crippen molar-refractivity contribution in [2.75, 3.05) is 7.11 Å². The smallest absolute Gasteiger partial charge is 0.354 e. The van der Waals surface area contributed by atoms with Gasteiger partial charge >= 0.3 is 5.97 Å².